The van der Waals surface area contributed by atoms with E-state index in [-0.39, 0.29) is 5.84 Å². The summed E-state index contributed by atoms with van der Waals surface area (Å²) in [6.45, 7) is 1.90. The zero-order valence-electron chi connectivity index (χ0n) is 10.8. The first-order chi connectivity index (χ1) is 9.10. The number of nitrogen functional groups attached to an aromatic ring is 1. The van der Waals surface area contributed by atoms with E-state index in [4.69, 9.17) is 20.6 Å². The quantitative estimate of drug-likeness (QED) is 0.651. The molecular formula is C14H15N3O2. The zero-order valence-corrected chi connectivity index (χ0v) is 10.8. The third-order valence-corrected chi connectivity index (χ3v) is 2.59. The first-order valence-electron chi connectivity index (χ1n) is 5.73. The Hall–Kier alpha value is -2.56. The van der Waals surface area contributed by atoms with Gasteiger partial charge in [-0.25, -0.2) is 0 Å². The van der Waals surface area contributed by atoms with Crippen LogP contribution in [-0.2, 0) is 0 Å². The summed E-state index contributed by atoms with van der Waals surface area (Å²) < 4.78 is 10.8. The Morgan fingerprint density at radius 2 is 1.95 bits per heavy atom. The monoisotopic (exact) mass is 257 g/mol. The van der Waals surface area contributed by atoms with Crippen LogP contribution < -0.4 is 15.2 Å². The highest BCUT2D eigenvalue weighted by molar-refractivity contribution is 5.97. The standard InChI is InChI=1S/C14H15N3O2/c1-9-3-4-11(8-17-9)19-13-7-10(18-2)5-6-12(13)14(15)16/h3-8H,1-2H3,(H3,15,16). The van der Waals surface area contributed by atoms with Crippen LogP contribution in [-0.4, -0.2) is 17.9 Å². The summed E-state index contributed by atoms with van der Waals surface area (Å²) in [7, 11) is 1.57. The van der Waals surface area contributed by atoms with E-state index in [1.54, 1.807) is 31.5 Å². The van der Waals surface area contributed by atoms with Gasteiger partial charge in [0.05, 0.1) is 18.9 Å². The van der Waals surface area contributed by atoms with Crippen LogP contribution in [0.3, 0.4) is 0 Å². The number of rotatable bonds is 4. The van der Waals surface area contributed by atoms with Gasteiger partial charge in [0, 0.05) is 11.8 Å². The Morgan fingerprint density at radius 1 is 1.21 bits per heavy atom. The molecule has 1 aromatic heterocycles. The van der Waals surface area contributed by atoms with E-state index in [2.05, 4.69) is 4.98 Å². The molecule has 0 aliphatic rings. The van der Waals surface area contributed by atoms with Gasteiger partial charge in [-0.15, -0.1) is 0 Å². The topological polar surface area (TPSA) is 81.2 Å². The van der Waals surface area contributed by atoms with Crippen LogP contribution in [0.4, 0.5) is 0 Å². The smallest absolute Gasteiger partial charge is 0.145 e. The number of benzene rings is 1. The second-order valence-electron chi connectivity index (χ2n) is 4.01. The van der Waals surface area contributed by atoms with Crippen molar-refractivity contribution in [3.63, 3.8) is 0 Å². The summed E-state index contributed by atoms with van der Waals surface area (Å²) in [6, 6.07) is 8.78. The van der Waals surface area contributed by atoms with E-state index in [0.29, 0.717) is 22.8 Å². The lowest BCUT2D eigenvalue weighted by Crippen LogP contribution is -2.12. The summed E-state index contributed by atoms with van der Waals surface area (Å²) in [6.07, 6.45) is 1.62. The molecule has 2 aromatic rings. The van der Waals surface area contributed by atoms with Gasteiger partial charge in [-0.2, -0.15) is 0 Å². The molecule has 3 N–H and O–H groups in total. The fourth-order valence-electron chi connectivity index (χ4n) is 1.58. The normalized spacial score (nSPS) is 10.0. The van der Waals surface area contributed by atoms with Crippen molar-refractivity contribution in [1.29, 1.82) is 5.41 Å². The van der Waals surface area contributed by atoms with Crippen LogP contribution in [0.2, 0.25) is 0 Å². The maximum absolute atomic E-state index is 7.55. The zero-order chi connectivity index (χ0) is 13.8. The van der Waals surface area contributed by atoms with E-state index in [1.165, 1.54) is 0 Å². The average Bonchev–Trinajstić information content (AvgIpc) is 2.41. The molecule has 0 amide bonds. The molecule has 0 fully saturated rings. The molecule has 19 heavy (non-hydrogen) atoms. The van der Waals surface area contributed by atoms with Crippen molar-refractivity contribution in [3.05, 3.63) is 47.8 Å². The highest BCUT2D eigenvalue weighted by atomic mass is 16.5. The molecule has 5 nitrogen and oxygen atoms in total. The number of ether oxygens (including phenoxy) is 2. The molecule has 0 spiro atoms. The molecule has 98 valence electrons. The molecule has 2 rings (SSSR count). The number of nitrogens with zero attached hydrogens (tertiary/aromatic N) is 1. The van der Waals surface area contributed by atoms with E-state index in [9.17, 15) is 0 Å². The molecule has 0 saturated carbocycles. The van der Waals surface area contributed by atoms with Gasteiger partial charge in [-0.3, -0.25) is 10.4 Å². The summed E-state index contributed by atoms with van der Waals surface area (Å²) in [5, 5.41) is 7.55. The number of pyridine rings is 1. The number of nitrogens with two attached hydrogens (primary N) is 1. The van der Waals surface area contributed by atoms with Crippen molar-refractivity contribution in [2.75, 3.05) is 7.11 Å². The molecule has 0 saturated heterocycles. The molecule has 0 aliphatic carbocycles. The molecule has 1 heterocycles. The van der Waals surface area contributed by atoms with Crippen molar-refractivity contribution in [1.82, 2.24) is 4.98 Å². The van der Waals surface area contributed by atoms with Crippen molar-refractivity contribution in [2.45, 2.75) is 6.92 Å². The Balaban J connectivity index is 2.36. The van der Waals surface area contributed by atoms with Crippen LogP contribution in [0.25, 0.3) is 0 Å². The van der Waals surface area contributed by atoms with E-state index < -0.39 is 0 Å². The third-order valence-electron chi connectivity index (χ3n) is 2.59. The first-order valence-corrected chi connectivity index (χ1v) is 5.73. The predicted molar refractivity (Wildman–Crippen MR) is 73.1 cm³/mol. The highest BCUT2D eigenvalue weighted by Gasteiger charge is 2.09. The summed E-state index contributed by atoms with van der Waals surface area (Å²) in [5.74, 6) is 1.64. The minimum absolute atomic E-state index is 0.0577. The van der Waals surface area contributed by atoms with Crippen LogP contribution in [0.5, 0.6) is 17.2 Å². The van der Waals surface area contributed by atoms with Crippen LogP contribution >= 0.6 is 0 Å². The van der Waals surface area contributed by atoms with Gasteiger partial charge in [0.2, 0.25) is 0 Å². The van der Waals surface area contributed by atoms with E-state index in [0.717, 1.165) is 5.69 Å². The van der Waals surface area contributed by atoms with Crippen LogP contribution in [0, 0.1) is 12.3 Å². The predicted octanol–water partition coefficient (Wildman–Crippen LogP) is 2.47. The number of methoxy groups -OCH3 is 1. The number of hydrogen-bond donors (Lipinski definition) is 2. The fourth-order valence-corrected chi connectivity index (χ4v) is 1.58. The maximum Gasteiger partial charge on any atom is 0.145 e. The highest BCUT2D eigenvalue weighted by Crippen LogP contribution is 2.28. The first kappa shape index (κ1) is 12.9. The van der Waals surface area contributed by atoms with Gasteiger partial charge >= 0.3 is 0 Å². The van der Waals surface area contributed by atoms with Gasteiger partial charge in [0.1, 0.15) is 23.1 Å². The lowest BCUT2D eigenvalue weighted by atomic mass is 10.1. The Labute approximate surface area is 111 Å². The van der Waals surface area contributed by atoms with Gasteiger partial charge in [-0.1, -0.05) is 0 Å². The Morgan fingerprint density at radius 3 is 2.53 bits per heavy atom. The second kappa shape index (κ2) is 5.39. The summed E-state index contributed by atoms with van der Waals surface area (Å²) in [4.78, 5) is 4.15. The maximum atomic E-state index is 7.55. The number of amidine groups is 1. The summed E-state index contributed by atoms with van der Waals surface area (Å²) in [5.41, 5.74) is 6.95. The fraction of sp³-hybridized carbons (Fsp3) is 0.143. The van der Waals surface area contributed by atoms with Crippen molar-refractivity contribution in [2.24, 2.45) is 5.73 Å². The SMILES string of the molecule is COc1ccc(C(=N)N)c(Oc2ccc(C)nc2)c1. The Kier molecular flexibility index (Phi) is 3.66. The molecular weight excluding hydrogens is 242 g/mol. The molecule has 0 bridgehead atoms. The molecule has 0 aliphatic heterocycles. The van der Waals surface area contributed by atoms with Crippen molar-refractivity contribution < 1.29 is 9.47 Å². The van der Waals surface area contributed by atoms with Crippen molar-refractivity contribution in [3.8, 4) is 17.2 Å². The molecule has 5 heteroatoms. The number of aryl methyl sites for hydroxylation is 1. The lowest BCUT2D eigenvalue weighted by molar-refractivity contribution is 0.408. The minimum Gasteiger partial charge on any atom is -0.497 e. The van der Waals surface area contributed by atoms with E-state index in [1.807, 2.05) is 19.1 Å². The lowest BCUT2D eigenvalue weighted by Gasteiger charge is -2.11. The van der Waals surface area contributed by atoms with Gasteiger partial charge < -0.3 is 15.2 Å². The van der Waals surface area contributed by atoms with E-state index >= 15 is 0 Å². The molecule has 0 radical (unpaired) electrons. The Bertz CT molecular complexity index is 594. The van der Waals surface area contributed by atoms with Gasteiger partial charge in [-0.05, 0) is 31.2 Å². The third kappa shape index (κ3) is 3.01. The van der Waals surface area contributed by atoms with Crippen LogP contribution in [0.1, 0.15) is 11.3 Å². The van der Waals surface area contributed by atoms with Crippen molar-refractivity contribution >= 4 is 5.84 Å². The molecule has 1 aromatic carbocycles. The average molecular weight is 257 g/mol. The van der Waals surface area contributed by atoms with Gasteiger partial charge in [0.25, 0.3) is 0 Å². The molecule has 0 unspecified atom stereocenters. The number of hydrogen-bond acceptors (Lipinski definition) is 4. The summed E-state index contributed by atoms with van der Waals surface area (Å²) >= 11 is 0. The van der Waals surface area contributed by atoms with Gasteiger partial charge in [0.15, 0.2) is 0 Å². The number of nitrogens with one attached hydrogen (secondary N) is 1. The minimum atomic E-state index is -0.0577. The number of aromatic nitrogens is 1. The molecule has 0 atom stereocenters. The largest absolute Gasteiger partial charge is 0.497 e. The van der Waals surface area contributed by atoms with Crippen LogP contribution in [0.15, 0.2) is 36.5 Å². The second-order valence-corrected chi connectivity index (χ2v) is 4.01.